The lowest BCUT2D eigenvalue weighted by atomic mass is 10.4. The van der Waals surface area contributed by atoms with E-state index in [1.54, 1.807) is 30.3 Å². The Morgan fingerprint density at radius 3 is 1.70 bits per heavy atom. The van der Waals surface area contributed by atoms with Gasteiger partial charge in [0.15, 0.2) is 19.7 Å². The minimum atomic E-state index is -3.77. The fourth-order valence-corrected chi connectivity index (χ4v) is 5.19. The van der Waals surface area contributed by atoms with Crippen molar-refractivity contribution in [3.8, 4) is 0 Å². The number of sulfone groups is 2. The minimum absolute atomic E-state index is 0.0388. The van der Waals surface area contributed by atoms with E-state index in [4.69, 9.17) is 0 Å². The lowest BCUT2D eigenvalue weighted by Gasteiger charge is -2.12. The SMILES string of the molecule is O=S(=O)(C[C@H](O)CS(=O)(=O)c1ccc(Br)cc1)c1ccccc1. The molecular weight excluding hydrogens is 404 g/mol. The number of rotatable bonds is 6. The van der Waals surface area contributed by atoms with Crippen LogP contribution in [0, 0.1) is 0 Å². The van der Waals surface area contributed by atoms with Gasteiger partial charge in [-0.3, -0.25) is 0 Å². The summed E-state index contributed by atoms with van der Waals surface area (Å²) in [6, 6.07) is 13.6. The van der Waals surface area contributed by atoms with Gasteiger partial charge in [0.1, 0.15) is 0 Å². The van der Waals surface area contributed by atoms with Gasteiger partial charge >= 0.3 is 0 Å². The molecule has 2 rings (SSSR count). The van der Waals surface area contributed by atoms with Crippen LogP contribution in [-0.4, -0.2) is 39.6 Å². The molecule has 1 atom stereocenters. The smallest absolute Gasteiger partial charge is 0.180 e. The Bertz CT molecular complexity index is 860. The highest BCUT2D eigenvalue weighted by Gasteiger charge is 2.25. The largest absolute Gasteiger partial charge is 0.391 e. The molecule has 2 aromatic carbocycles. The van der Waals surface area contributed by atoms with E-state index in [2.05, 4.69) is 15.9 Å². The van der Waals surface area contributed by atoms with Crippen LogP contribution in [0.1, 0.15) is 0 Å². The van der Waals surface area contributed by atoms with Crippen LogP contribution in [0.3, 0.4) is 0 Å². The third-order valence-corrected chi connectivity index (χ3v) is 7.26. The number of benzene rings is 2. The summed E-state index contributed by atoms with van der Waals surface area (Å²) in [7, 11) is -7.51. The van der Waals surface area contributed by atoms with Gasteiger partial charge in [0, 0.05) is 4.47 Å². The molecule has 0 saturated heterocycles. The second-order valence-electron chi connectivity index (χ2n) is 4.98. The van der Waals surface area contributed by atoms with Crippen molar-refractivity contribution < 1.29 is 21.9 Å². The zero-order valence-electron chi connectivity index (χ0n) is 12.0. The minimum Gasteiger partial charge on any atom is -0.391 e. The van der Waals surface area contributed by atoms with Gasteiger partial charge in [-0.1, -0.05) is 34.1 Å². The number of halogens is 1. The van der Waals surface area contributed by atoms with E-state index in [1.807, 2.05) is 0 Å². The molecule has 0 aliphatic heterocycles. The molecule has 2 aromatic rings. The third-order valence-electron chi connectivity index (χ3n) is 3.10. The van der Waals surface area contributed by atoms with Crippen LogP contribution in [0.15, 0.2) is 68.9 Å². The fraction of sp³-hybridized carbons (Fsp3) is 0.200. The van der Waals surface area contributed by atoms with E-state index in [9.17, 15) is 21.9 Å². The predicted octanol–water partition coefficient (Wildman–Crippen LogP) is 2.06. The fourth-order valence-electron chi connectivity index (χ4n) is 2.02. The molecule has 0 amide bonds. The first-order chi connectivity index (χ1) is 10.7. The van der Waals surface area contributed by atoms with E-state index in [1.165, 1.54) is 24.3 Å². The molecule has 23 heavy (non-hydrogen) atoms. The number of aliphatic hydroxyl groups excluding tert-OH is 1. The quantitative estimate of drug-likeness (QED) is 0.775. The molecule has 0 spiro atoms. The van der Waals surface area contributed by atoms with Gasteiger partial charge in [0.2, 0.25) is 0 Å². The standard InChI is InChI=1S/C15H15BrO5S2/c16-12-6-8-15(9-7-12)23(20,21)11-13(17)10-22(18,19)14-4-2-1-3-5-14/h1-9,13,17H,10-11H2/t13-/m0/s1. The predicted molar refractivity (Wildman–Crippen MR) is 90.7 cm³/mol. The lowest BCUT2D eigenvalue weighted by molar-refractivity contribution is 0.220. The van der Waals surface area contributed by atoms with Gasteiger partial charge in [-0.25, -0.2) is 16.8 Å². The molecule has 0 aliphatic carbocycles. The molecule has 0 saturated carbocycles. The molecule has 0 heterocycles. The van der Waals surface area contributed by atoms with Crippen LogP contribution in [0.4, 0.5) is 0 Å². The average molecular weight is 419 g/mol. The number of hydrogen-bond donors (Lipinski definition) is 1. The Kier molecular flexibility index (Phi) is 5.61. The first kappa shape index (κ1) is 18.1. The van der Waals surface area contributed by atoms with Crippen molar-refractivity contribution in [2.75, 3.05) is 11.5 Å². The molecule has 0 aromatic heterocycles. The number of aliphatic hydroxyl groups is 1. The Morgan fingerprint density at radius 2 is 1.22 bits per heavy atom. The van der Waals surface area contributed by atoms with Crippen molar-refractivity contribution in [1.82, 2.24) is 0 Å². The molecule has 0 fully saturated rings. The lowest BCUT2D eigenvalue weighted by Crippen LogP contribution is -2.28. The second-order valence-corrected chi connectivity index (χ2v) is 9.97. The molecule has 0 aliphatic rings. The monoisotopic (exact) mass is 418 g/mol. The zero-order chi connectivity index (χ0) is 17.1. The third kappa shape index (κ3) is 4.87. The van der Waals surface area contributed by atoms with Crippen LogP contribution in [0.25, 0.3) is 0 Å². The second kappa shape index (κ2) is 7.12. The van der Waals surface area contributed by atoms with Crippen molar-refractivity contribution in [3.63, 3.8) is 0 Å². The molecule has 124 valence electrons. The van der Waals surface area contributed by atoms with Gasteiger partial charge in [-0.05, 0) is 36.4 Å². The molecule has 0 unspecified atom stereocenters. The van der Waals surface area contributed by atoms with Gasteiger partial charge in [-0.2, -0.15) is 0 Å². The molecule has 1 N–H and O–H groups in total. The molecule has 0 bridgehead atoms. The van der Waals surface area contributed by atoms with Crippen molar-refractivity contribution in [3.05, 3.63) is 59.1 Å². The van der Waals surface area contributed by atoms with Gasteiger partial charge < -0.3 is 5.11 Å². The Labute approximate surface area is 143 Å². The first-order valence-electron chi connectivity index (χ1n) is 6.65. The maximum atomic E-state index is 12.2. The Balaban J connectivity index is 2.13. The zero-order valence-corrected chi connectivity index (χ0v) is 15.2. The average Bonchev–Trinajstić information content (AvgIpc) is 2.47. The summed E-state index contributed by atoms with van der Waals surface area (Å²) in [4.78, 5) is 0.0944. The van der Waals surface area contributed by atoms with Crippen molar-refractivity contribution in [1.29, 1.82) is 0 Å². The molecular formula is C15H15BrO5S2. The van der Waals surface area contributed by atoms with Crippen molar-refractivity contribution in [2.24, 2.45) is 0 Å². The van der Waals surface area contributed by atoms with E-state index in [-0.39, 0.29) is 9.79 Å². The van der Waals surface area contributed by atoms with E-state index in [0.29, 0.717) is 0 Å². The van der Waals surface area contributed by atoms with Crippen LogP contribution in [0.2, 0.25) is 0 Å². The summed E-state index contributed by atoms with van der Waals surface area (Å²) in [5.41, 5.74) is 0. The topological polar surface area (TPSA) is 88.5 Å². The summed E-state index contributed by atoms with van der Waals surface area (Å²) >= 11 is 3.21. The summed E-state index contributed by atoms with van der Waals surface area (Å²) in [6.45, 7) is 0. The van der Waals surface area contributed by atoms with Gasteiger partial charge in [0.25, 0.3) is 0 Å². The van der Waals surface area contributed by atoms with Gasteiger partial charge in [0.05, 0.1) is 27.4 Å². The molecule has 8 heteroatoms. The van der Waals surface area contributed by atoms with Crippen molar-refractivity contribution in [2.45, 2.75) is 15.9 Å². The van der Waals surface area contributed by atoms with E-state index in [0.717, 1.165) is 4.47 Å². The molecule has 0 radical (unpaired) electrons. The van der Waals surface area contributed by atoms with Crippen LogP contribution in [0.5, 0.6) is 0 Å². The number of hydrogen-bond acceptors (Lipinski definition) is 5. The summed E-state index contributed by atoms with van der Waals surface area (Å²) < 4.78 is 49.4. The van der Waals surface area contributed by atoms with Crippen LogP contribution < -0.4 is 0 Å². The first-order valence-corrected chi connectivity index (χ1v) is 10.7. The maximum absolute atomic E-state index is 12.2. The van der Waals surface area contributed by atoms with E-state index < -0.39 is 37.3 Å². The summed E-state index contributed by atoms with van der Waals surface area (Å²) in [5.74, 6) is -1.30. The van der Waals surface area contributed by atoms with Crippen molar-refractivity contribution >= 4 is 35.6 Å². The maximum Gasteiger partial charge on any atom is 0.180 e. The van der Waals surface area contributed by atoms with E-state index >= 15 is 0 Å². The summed E-state index contributed by atoms with van der Waals surface area (Å²) in [5, 5.41) is 9.93. The highest BCUT2D eigenvalue weighted by atomic mass is 79.9. The van der Waals surface area contributed by atoms with Gasteiger partial charge in [-0.15, -0.1) is 0 Å². The highest BCUT2D eigenvalue weighted by Crippen LogP contribution is 2.18. The Hall–Kier alpha value is -1.22. The normalized spacial score (nSPS) is 13.7. The highest BCUT2D eigenvalue weighted by molar-refractivity contribution is 9.10. The Morgan fingerprint density at radius 1 is 0.783 bits per heavy atom. The molecule has 5 nitrogen and oxygen atoms in total. The summed E-state index contributed by atoms with van der Waals surface area (Å²) in [6.07, 6.45) is -1.51. The van der Waals surface area contributed by atoms with Crippen LogP contribution in [-0.2, 0) is 19.7 Å². The van der Waals surface area contributed by atoms with Crippen LogP contribution >= 0.6 is 15.9 Å².